The summed E-state index contributed by atoms with van der Waals surface area (Å²) in [6.07, 6.45) is -0.791. The Morgan fingerprint density at radius 1 is 1.50 bits per heavy atom. The monoisotopic (exact) mass is 202 g/mol. The van der Waals surface area contributed by atoms with E-state index >= 15 is 0 Å². The first kappa shape index (κ1) is 9.89. The van der Waals surface area contributed by atoms with Crippen LogP contribution in [0.2, 0.25) is 0 Å². The number of aliphatic hydroxyl groups excluding tert-OH is 1. The smallest absolute Gasteiger partial charge is 0.339 e. The maximum atomic E-state index is 11.5. The summed E-state index contributed by atoms with van der Waals surface area (Å²) in [6.45, 7) is 0. The second kappa shape index (κ2) is 3.18. The molecule has 5 heteroatoms. The standard InChI is InChI=1S/C9H14O5/c1-12-7-5(10)3-9(13-2)4-6(7)14-8(9)11/h5-7,10H,3-4H2,1-2H3/t5-,6-,7-,9+/m1/s1. The number of carbonyl (C=O) groups excluding carboxylic acids is 1. The summed E-state index contributed by atoms with van der Waals surface area (Å²) >= 11 is 0. The fourth-order valence-electron chi connectivity index (χ4n) is 2.31. The largest absolute Gasteiger partial charge is 0.457 e. The molecule has 0 aromatic heterocycles. The molecule has 2 bridgehead atoms. The Kier molecular flexibility index (Phi) is 2.25. The lowest BCUT2D eigenvalue weighted by Crippen LogP contribution is -2.50. The zero-order valence-corrected chi connectivity index (χ0v) is 8.23. The van der Waals surface area contributed by atoms with E-state index in [1.807, 2.05) is 0 Å². The average Bonchev–Trinajstić information content (AvgIpc) is 2.41. The van der Waals surface area contributed by atoms with Crippen molar-refractivity contribution in [2.24, 2.45) is 0 Å². The number of rotatable bonds is 2. The quantitative estimate of drug-likeness (QED) is 0.610. The van der Waals surface area contributed by atoms with Crippen molar-refractivity contribution in [1.82, 2.24) is 0 Å². The second-order valence-corrected chi connectivity index (χ2v) is 3.82. The van der Waals surface area contributed by atoms with Crippen LogP contribution in [0.4, 0.5) is 0 Å². The summed E-state index contributed by atoms with van der Waals surface area (Å²) in [6, 6.07) is 0. The van der Waals surface area contributed by atoms with Gasteiger partial charge in [0.2, 0.25) is 0 Å². The third-order valence-electron chi connectivity index (χ3n) is 3.11. The van der Waals surface area contributed by atoms with E-state index in [4.69, 9.17) is 14.2 Å². The average molecular weight is 202 g/mol. The molecule has 1 aliphatic carbocycles. The molecule has 80 valence electrons. The molecule has 2 fully saturated rings. The molecule has 1 saturated carbocycles. The van der Waals surface area contributed by atoms with Crippen LogP contribution in [0.1, 0.15) is 12.8 Å². The number of aliphatic hydroxyl groups is 1. The van der Waals surface area contributed by atoms with Crippen LogP contribution in [0.5, 0.6) is 0 Å². The van der Waals surface area contributed by atoms with Gasteiger partial charge in [-0.05, 0) is 0 Å². The number of ether oxygens (including phenoxy) is 3. The van der Waals surface area contributed by atoms with E-state index in [2.05, 4.69) is 0 Å². The zero-order valence-electron chi connectivity index (χ0n) is 8.23. The third-order valence-corrected chi connectivity index (χ3v) is 3.11. The van der Waals surface area contributed by atoms with E-state index in [0.717, 1.165) is 0 Å². The van der Waals surface area contributed by atoms with Crippen molar-refractivity contribution in [2.75, 3.05) is 14.2 Å². The Hall–Kier alpha value is -0.650. The molecular formula is C9H14O5. The molecule has 0 amide bonds. The molecule has 1 saturated heterocycles. The summed E-state index contributed by atoms with van der Waals surface area (Å²) in [5, 5.41) is 9.73. The zero-order chi connectivity index (χ0) is 10.3. The highest BCUT2D eigenvalue weighted by Crippen LogP contribution is 2.41. The molecule has 1 aliphatic heterocycles. The van der Waals surface area contributed by atoms with E-state index in [0.29, 0.717) is 6.42 Å². The van der Waals surface area contributed by atoms with Gasteiger partial charge in [0.1, 0.15) is 12.2 Å². The molecule has 2 aliphatic rings. The Bertz CT molecular complexity index is 254. The number of hydrogen-bond acceptors (Lipinski definition) is 5. The maximum Gasteiger partial charge on any atom is 0.339 e. The van der Waals surface area contributed by atoms with Crippen molar-refractivity contribution >= 4 is 5.97 Å². The molecule has 1 N–H and O–H groups in total. The minimum atomic E-state index is -0.945. The molecule has 1 heterocycles. The van der Waals surface area contributed by atoms with Gasteiger partial charge in [-0.15, -0.1) is 0 Å². The molecule has 0 aromatic rings. The van der Waals surface area contributed by atoms with E-state index < -0.39 is 17.8 Å². The lowest BCUT2D eigenvalue weighted by atomic mass is 9.82. The Morgan fingerprint density at radius 3 is 2.79 bits per heavy atom. The molecule has 0 spiro atoms. The van der Waals surface area contributed by atoms with E-state index in [-0.39, 0.29) is 18.5 Å². The highest BCUT2D eigenvalue weighted by Gasteiger charge is 2.59. The Morgan fingerprint density at radius 2 is 2.21 bits per heavy atom. The molecule has 4 atom stereocenters. The van der Waals surface area contributed by atoms with E-state index in [9.17, 15) is 9.90 Å². The summed E-state index contributed by atoms with van der Waals surface area (Å²) in [7, 11) is 2.96. The van der Waals surface area contributed by atoms with Crippen molar-refractivity contribution < 1.29 is 24.1 Å². The highest BCUT2D eigenvalue weighted by molar-refractivity contribution is 5.82. The molecule has 0 unspecified atom stereocenters. The van der Waals surface area contributed by atoms with E-state index in [1.165, 1.54) is 14.2 Å². The molecule has 2 rings (SSSR count). The fourth-order valence-corrected chi connectivity index (χ4v) is 2.31. The van der Waals surface area contributed by atoms with Gasteiger partial charge in [-0.25, -0.2) is 4.79 Å². The van der Waals surface area contributed by atoms with Gasteiger partial charge in [0, 0.05) is 27.1 Å². The molecule has 5 nitrogen and oxygen atoms in total. The minimum Gasteiger partial charge on any atom is -0.457 e. The Balaban J connectivity index is 2.24. The number of hydrogen-bond donors (Lipinski definition) is 1. The number of fused-ring (bicyclic) bond motifs is 2. The molecule has 0 aromatic carbocycles. The predicted molar refractivity (Wildman–Crippen MR) is 45.7 cm³/mol. The van der Waals surface area contributed by atoms with Gasteiger partial charge < -0.3 is 19.3 Å². The lowest BCUT2D eigenvalue weighted by Gasteiger charge is -2.34. The summed E-state index contributed by atoms with van der Waals surface area (Å²) in [4.78, 5) is 11.5. The first-order chi connectivity index (χ1) is 6.63. The molecular weight excluding hydrogens is 188 g/mol. The SMILES string of the molecule is CO[C@@H]1[C@H](O)C[C@]2(OC)C[C@H]1OC2=O. The van der Waals surface area contributed by atoms with Gasteiger partial charge in [0.25, 0.3) is 0 Å². The van der Waals surface area contributed by atoms with Crippen LogP contribution in [0.25, 0.3) is 0 Å². The fraction of sp³-hybridized carbons (Fsp3) is 0.889. The second-order valence-electron chi connectivity index (χ2n) is 3.82. The minimum absolute atomic E-state index is 0.247. The van der Waals surface area contributed by atoms with Crippen molar-refractivity contribution in [3.8, 4) is 0 Å². The van der Waals surface area contributed by atoms with Crippen molar-refractivity contribution in [3.63, 3.8) is 0 Å². The highest BCUT2D eigenvalue weighted by atomic mass is 16.6. The Labute approximate surface area is 81.9 Å². The van der Waals surface area contributed by atoms with Gasteiger partial charge in [-0.2, -0.15) is 0 Å². The van der Waals surface area contributed by atoms with Crippen molar-refractivity contribution in [3.05, 3.63) is 0 Å². The van der Waals surface area contributed by atoms with Crippen LogP contribution in [0, 0.1) is 0 Å². The van der Waals surface area contributed by atoms with Gasteiger partial charge in [0.15, 0.2) is 5.60 Å². The normalized spacial score (nSPS) is 46.5. The van der Waals surface area contributed by atoms with Crippen LogP contribution >= 0.6 is 0 Å². The number of methoxy groups -OCH3 is 2. The number of carbonyl (C=O) groups is 1. The summed E-state index contributed by atoms with van der Waals surface area (Å²) in [5.41, 5.74) is -0.945. The van der Waals surface area contributed by atoms with Crippen molar-refractivity contribution in [2.45, 2.75) is 36.8 Å². The van der Waals surface area contributed by atoms with Crippen LogP contribution < -0.4 is 0 Å². The molecule has 14 heavy (non-hydrogen) atoms. The first-order valence-electron chi connectivity index (χ1n) is 4.60. The number of esters is 1. The van der Waals surface area contributed by atoms with Gasteiger partial charge in [-0.1, -0.05) is 0 Å². The van der Waals surface area contributed by atoms with E-state index in [1.54, 1.807) is 0 Å². The van der Waals surface area contributed by atoms with Crippen LogP contribution in [-0.4, -0.2) is 49.2 Å². The van der Waals surface area contributed by atoms with Crippen LogP contribution in [0.3, 0.4) is 0 Å². The van der Waals surface area contributed by atoms with Gasteiger partial charge >= 0.3 is 5.97 Å². The van der Waals surface area contributed by atoms with Gasteiger partial charge in [0.05, 0.1) is 6.10 Å². The summed E-state index contributed by atoms with van der Waals surface area (Å²) in [5.74, 6) is -0.386. The maximum absolute atomic E-state index is 11.5. The summed E-state index contributed by atoms with van der Waals surface area (Å²) < 4.78 is 15.3. The first-order valence-corrected chi connectivity index (χ1v) is 4.60. The molecule has 0 radical (unpaired) electrons. The van der Waals surface area contributed by atoms with Crippen LogP contribution in [0.15, 0.2) is 0 Å². The predicted octanol–water partition coefficient (Wildman–Crippen LogP) is -0.533. The van der Waals surface area contributed by atoms with Crippen molar-refractivity contribution in [1.29, 1.82) is 0 Å². The topological polar surface area (TPSA) is 65.0 Å². The third kappa shape index (κ3) is 1.16. The lowest BCUT2D eigenvalue weighted by molar-refractivity contribution is -0.157. The van der Waals surface area contributed by atoms with Gasteiger partial charge in [-0.3, -0.25) is 0 Å². The van der Waals surface area contributed by atoms with Crippen LogP contribution in [-0.2, 0) is 19.0 Å².